The minimum Gasteiger partial charge on any atom is -0.324 e. The van der Waals surface area contributed by atoms with Crippen molar-refractivity contribution in [3.63, 3.8) is 0 Å². The van der Waals surface area contributed by atoms with Crippen LogP contribution in [0.1, 0.15) is 43.4 Å². The van der Waals surface area contributed by atoms with Crippen LogP contribution in [-0.2, 0) is 6.18 Å². The molecule has 0 amide bonds. The van der Waals surface area contributed by atoms with Crippen LogP contribution in [0.3, 0.4) is 0 Å². The number of nitrogens with two attached hydrogens (primary N) is 1. The molecule has 2 N–H and O–H groups in total. The van der Waals surface area contributed by atoms with Crippen molar-refractivity contribution in [2.45, 2.75) is 38.4 Å². The van der Waals surface area contributed by atoms with E-state index in [1.807, 2.05) is 6.92 Å². The van der Waals surface area contributed by atoms with Gasteiger partial charge in [-0.15, -0.1) is 12.4 Å². The predicted octanol–water partition coefficient (Wildman–Crippen LogP) is 4.32. The molecule has 1 aromatic rings. The highest BCUT2D eigenvalue weighted by Crippen LogP contribution is 2.31. The van der Waals surface area contributed by atoms with Gasteiger partial charge in [-0.3, -0.25) is 0 Å². The molecular formula is C12H17ClF3N. The molecule has 0 heterocycles. The average Bonchev–Trinajstić information content (AvgIpc) is 2.25. The van der Waals surface area contributed by atoms with Gasteiger partial charge in [-0.05, 0) is 24.1 Å². The van der Waals surface area contributed by atoms with Crippen LogP contribution in [0, 0.1) is 0 Å². The maximum absolute atomic E-state index is 12.4. The number of rotatable bonds is 4. The van der Waals surface area contributed by atoms with Gasteiger partial charge in [0.1, 0.15) is 0 Å². The van der Waals surface area contributed by atoms with Crippen LogP contribution in [0.15, 0.2) is 24.3 Å². The van der Waals surface area contributed by atoms with Crippen molar-refractivity contribution in [2.75, 3.05) is 0 Å². The Balaban J connectivity index is 0.00000256. The van der Waals surface area contributed by atoms with Crippen LogP contribution in [0.4, 0.5) is 13.2 Å². The highest BCUT2D eigenvalue weighted by Gasteiger charge is 2.30. The number of halogens is 4. The highest BCUT2D eigenvalue weighted by molar-refractivity contribution is 5.85. The molecular weight excluding hydrogens is 251 g/mol. The van der Waals surface area contributed by atoms with Gasteiger partial charge in [0, 0.05) is 6.04 Å². The van der Waals surface area contributed by atoms with Crippen molar-refractivity contribution in [1.82, 2.24) is 0 Å². The van der Waals surface area contributed by atoms with Gasteiger partial charge in [-0.25, -0.2) is 0 Å². The number of alkyl halides is 3. The maximum Gasteiger partial charge on any atom is 0.416 e. The summed E-state index contributed by atoms with van der Waals surface area (Å²) in [6.07, 6.45) is -1.65. The molecule has 0 unspecified atom stereocenters. The minimum absolute atomic E-state index is 0. The van der Waals surface area contributed by atoms with Crippen molar-refractivity contribution >= 4 is 12.4 Å². The molecule has 5 heteroatoms. The van der Waals surface area contributed by atoms with Gasteiger partial charge in [-0.2, -0.15) is 13.2 Å². The topological polar surface area (TPSA) is 26.0 Å². The fourth-order valence-electron chi connectivity index (χ4n) is 1.54. The third kappa shape index (κ3) is 4.96. The summed E-state index contributed by atoms with van der Waals surface area (Å²) >= 11 is 0. The summed E-state index contributed by atoms with van der Waals surface area (Å²) in [7, 11) is 0. The fraction of sp³-hybridized carbons (Fsp3) is 0.500. The van der Waals surface area contributed by atoms with Crippen LogP contribution < -0.4 is 5.73 Å². The van der Waals surface area contributed by atoms with Gasteiger partial charge in [-0.1, -0.05) is 31.9 Å². The van der Waals surface area contributed by atoms with E-state index in [2.05, 4.69) is 0 Å². The van der Waals surface area contributed by atoms with E-state index < -0.39 is 11.7 Å². The van der Waals surface area contributed by atoms with E-state index >= 15 is 0 Å². The van der Waals surface area contributed by atoms with Gasteiger partial charge in [0.15, 0.2) is 0 Å². The first-order valence-electron chi connectivity index (χ1n) is 5.38. The summed E-state index contributed by atoms with van der Waals surface area (Å²) in [5.74, 6) is 0. The first kappa shape index (κ1) is 16.3. The Bertz CT molecular complexity index is 339. The SMILES string of the molecule is CCCC[C@H](N)c1cccc(C(F)(F)F)c1.Cl. The second kappa shape index (κ2) is 6.87. The van der Waals surface area contributed by atoms with Crippen LogP contribution in [0.5, 0.6) is 0 Å². The maximum atomic E-state index is 12.4. The van der Waals surface area contributed by atoms with Crippen molar-refractivity contribution in [3.8, 4) is 0 Å². The van der Waals surface area contributed by atoms with E-state index in [0.29, 0.717) is 5.56 Å². The summed E-state index contributed by atoms with van der Waals surface area (Å²) in [6.45, 7) is 2.03. The average molecular weight is 268 g/mol. The standard InChI is InChI=1S/C12H16F3N.ClH/c1-2-3-7-11(16)9-5-4-6-10(8-9)12(13,14)15;/h4-6,8,11H,2-3,7,16H2,1H3;1H/t11-;/m0./s1. The number of unbranched alkanes of at least 4 members (excludes halogenated alkanes) is 1. The van der Waals surface area contributed by atoms with Crippen molar-refractivity contribution in [1.29, 1.82) is 0 Å². The highest BCUT2D eigenvalue weighted by atomic mass is 35.5. The Morgan fingerprint density at radius 1 is 1.29 bits per heavy atom. The Labute approximate surface area is 106 Å². The number of benzene rings is 1. The zero-order valence-corrected chi connectivity index (χ0v) is 10.4. The van der Waals surface area contributed by atoms with Crippen molar-refractivity contribution in [2.24, 2.45) is 5.73 Å². The minimum atomic E-state index is -4.29. The molecule has 98 valence electrons. The molecule has 0 aliphatic carbocycles. The Morgan fingerprint density at radius 3 is 2.47 bits per heavy atom. The smallest absolute Gasteiger partial charge is 0.324 e. The van der Waals surface area contributed by atoms with E-state index in [0.717, 1.165) is 31.4 Å². The monoisotopic (exact) mass is 267 g/mol. The number of hydrogen-bond donors (Lipinski definition) is 1. The van der Waals surface area contributed by atoms with Crippen molar-refractivity contribution in [3.05, 3.63) is 35.4 Å². The molecule has 1 aromatic carbocycles. The number of hydrogen-bond acceptors (Lipinski definition) is 1. The molecule has 0 aliphatic heterocycles. The second-order valence-electron chi connectivity index (χ2n) is 3.87. The summed E-state index contributed by atoms with van der Waals surface area (Å²) in [6, 6.07) is 4.96. The fourth-order valence-corrected chi connectivity index (χ4v) is 1.54. The summed E-state index contributed by atoms with van der Waals surface area (Å²) in [5.41, 5.74) is 5.76. The third-order valence-corrected chi connectivity index (χ3v) is 2.51. The van der Waals surface area contributed by atoms with E-state index in [-0.39, 0.29) is 18.4 Å². The molecule has 1 rings (SSSR count). The Morgan fingerprint density at radius 2 is 1.94 bits per heavy atom. The molecule has 0 fully saturated rings. The molecule has 0 saturated carbocycles. The van der Waals surface area contributed by atoms with E-state index in [4.69, 9.17) is 5.73 Å². The van der Waals surface area contributed by atoms with Crippen LogP contribution in [-0.4, -0.2) is 0 Å². The lowest BCUT2D eigenvalue weighted by Crippen LogP contribution is -2.12. The van der Waals surface area contributed by atoms with Gasteiger partial charge in [0.2, 0.25) is 0 Å². The lowest BCUT2D eigenvalue weighted by Gasteiger charge is -2.14. The van der Waals surface area contributed by atoms with E-state index in [1.54, 1.807) is 6.07 Å². The molecule has 1 atom stereocenters. The van der Waals surface area contributed by atoms with Gasteiger partial charge < -0.3 is 5.73 Å². The molecule has 0 bridgehead atoms. The quantitative estimate of drug-likeness (QED) is 0.864. The lowest BCUT2D eigenvalue weighted by molar-refractivity contribution is -0.137. The van der Waals surface area contributed by atoms with Gasteiger partial charge in [0.05, 0.1) is 5.56 Å². The molecule has 17 heavy (non-hydrogen) atoms. The summed E-state index contributed by atoms with van der Waals surface area (Å²) < 4.78 is 37.3. The molecule has 0 spiro atoms. The van der Waals surface area contributed by atoms with E-state index in [1.165, 1.54) is 6.07 Å². The first-order valence-corrected chi connectivity index (χ1v) is 5.38. The summed E-state index contributed by atoms with van der Waals surface area (Å²) in [4.78, 5) is 0. The lowest BCUT2D eigenvalue weighted by atomic mass is 10.00. The predicted molar refractivity (Wildman–Crippen MR) is 65.1 cm³/mol. The normalized spacial score (nSPS) is 13.0. The largest absolute Gasteiger partial charge is 0.416 e. The molecule has 0 aromatic heterocycles. The molecule has 0 radical (unpaired) electrons. The first-order chi connectivity index (χ1) is 7.45. The molecule has 0 saturated heterocycles. The zero-order chi connectivity index (χ0) is 12.2. The summed E-state index contributed by atoms with van der Waals surface area (Å²) in [5, 5.41) is 0. The van der Waals surface area contributed by atoms with Gasteiger partial charge in [0.25, 0.3) is 0 Å². The third-order valence-electron chi connectivity index (χ3n) is 2.51. The van der Waals surface area contributed by atoms with Crippen LogP contribution in [0.25, 0.3) is 0 Å². The van der Waals surface area contributed by atoms with Crippen molar-refractivity contribution < 1.29 is 13.2 Å². The van der Waals surface area contributed by atoms with Crippen LogP contribution >= 0.6 is 12.4 Å². The van der Waals surface area contributed by atoms with Gasteiger partial charge >= 0.3 is 6.18 Å². The zero-order valence-electron chi connectivity index (χ0n) is 9.63. The second-order valence-corrected chi connectivity index (χ2v) is 3.87. The molecule has 0 aliphatic rings. The molecule has 1 nitrogen and oxygen atoms in total. The Kier molecular flexibility index (Phi) is 6.57. The van der Waals surface area contributed by atoms with Crippen LogP contribution in [0.2, 0.25) is 0 Å². The van der Waals surface area contributed by atoms with E-state index in [9.17, 15) is 13.2 Å². The Hall–Kier alpha value is -0.740.